The minimum Gasteiger partial charge on any atom is -0.0942 e. The standard InChI is InChI=1S/C39H34/c1-6-26(2)15-19-29(5)39(31-21-16-27(3)17-22-31)37-14-10-9-13-35(37)36-24-20-30(25-38(36)39)33-23-18-28(4)32-11-7-8-12-34(32)33/h6-25H,5H2,1-4H3. The fourth-order valence-corrected chi connectivity index (χ4v) is 6.25. The summed E-state index contributed by atoms with van der Waals surface area (Å²) in [5, 5.41) is 2.59. The SMILES string of the molecule is C=C(C=CC(C)=CC)C1(c2ccc(C)cc2)c2ccccc2-c2ccc(-c3ccc(C)c4ccccc34)cc21. The van der Waals surface area contributed by atoms with Gasteiger partial charge in [-0.1, -0.05) is 133 Å². The summed E-state index contributed by atoms with van der Waals surface area (Å²) < 4.78 is 0. The second kappa shape index (κ2) is 9.71. The Hall–Kier alpha value is -4.42. The molecule has 39 heavy (non-hydrogen) atoms. The molecule has 1 unspecified atom stereocenters. The van der Waals surface area contributed by atoms with Crippen molar-refractivity contribution < 1.29 is 0 Å². The molecule has 0 fully saturated rings. The second-order valence-corrected chi connectivity index (χ2v) is 10.8. The van der Waals surface area contributed by atoms with Crippen LogP contribution in [0.15, 0.2) is 139 Å². The lowest BCUT2D eigenvalue weighted by molar-refractivity contribution is 0.770. The predicted molar refractivity (Wildman–Crippen MR) is 168 cm³/mol. The summed E-state index contributed by atoms with van der Waals surface area (Å²) in [6.07, 6.45) is 6.55. The molecule has 0 aromatic heterocycles. The third kappa shape index (κ3) is 3.91. The molecule has 0 radical (unpaired) electrons. The minimum atomic E-state index is -0.485. The van der Waals surface area contributed by atoms with Crippen LogP contribution in [0.2, 0.25) is 0 Å². The van der Waals surface area contributed by atoms with Crippen molar-refractivity contribution in [1.29, 1.82) is 0 Å². The molecule has 0 nitrogen and oxygen atoms in total. The van der Waals surface area contributed by atoms with Gasteiger partial charge in [-0.25, -0.2) is 0 Å². The van der Waals surface area contributed by atoms with Crippen molar-refractivity contribution in [3.63, 3.8) is 0 Å². The summed E-state index contributed by atoms with van der Waals surface area (Å²) >= 11 is 0. The van der Waals surface area contributed by atoms with E-state index in [1.54, 1.807) is 0 Å². The lowest BCUT2D eigenvalue weighted by atomic mass is 9.67. The Morgan fingerprint density at radius 2 is 1.33 bits per heavy atom. The Labute approximate surface area is 232 Å². The normalized spacial score (nSPS) is 16.5. The van der Waals surface area contributed by atoms with Gasteiger partial charge in [0.2, 0.25) is 0 Å². The fourth-order valence-electron chi connectivity index (χ4n) is 6.25. The molecule has 5 aromatic rings. The Bertz CT molecular complexity index is 1790. The number of fused-ring (bicyclic) bond motifs is 4. The van der Waals surface area contributed by atoms with Gasteiger partial charge in [-0.3, -0.25) is 0 Å². The number of allylic oxidation sites excluding steroid dienone is 5. The van der Waals surface area contributed by atoms with Crippen molar-refractivity contribution in [2.75, 3.05) is 0 Å². The monoisotopic (exact) mass is 502 g/mol. The zero-order valence-corrected chi connectivity index (χ0v) is 23.3. The van der Waals surface area contributed by atoms with Gasteiger partial charge in [0.15, 0.2) is 0 Å². The molecule has 0 N–H and O–H groups in total. The van der Waals surface area contributed by atoms with Gasteiger partial charge in [-0.2, -0.15) is 0 Å². The highest BCUT2D eigenvalue weighted by molar-refractivity contribution is 5.99. The van der Waals surface area contributed by atoms with E-state index in [9.17, 15) is 0 Å². The molecular formula is C39H34. The first kappa shape index (κ1) is 24.9. The maximum absolute atomic E-state index is 4.76. The van der Waals surface area contributed by atoms with Gasteiger partial charge in [0.05, 0.1) is 5.41 Å². The van der Waals surface area contributed by atoms with E-state index in [4.69, 9.17) is 6.58 Å². The van der Waals surface area contributed by atoms with Gasteiger partial charge < -0.3 is 0 Å². The molecule has 6 rings (SSSR count). The summed E-state index contributed by atoms with van der Waals surface area (Å²) in [6.45, 7) is 13.3. The topological polar surface area (TPSA) is 0 Å². The van der Waals surface area contributed by atoms with E-state index in [0.29, 0.717) is 0 Å². The van der Waals surface area contributed by atoms with Crippen LogP contribution in [0.3, 0.4) is 0 Å². The van der Waals surface area contributed by atoms with Crippen LogP contribution in [0.5, 0.6) is 0 Å². The van der Waals surface area contributed by atoms with E-state index in [0.717, 1.165) is 5.57 Å². The van der Waals surface area contributed by atoms with E-state index < -0.39 is 5.41 Å². The van der Waals surface area contributed by atoms with Crippen molar-refractivity contribution in [1.82, 2.24) is 0 Å². The van der Waals surface area contributed by atoms with Crippen LogP contribution in [0.1, 0.15) is 41.7 Å². The van der Waals surface area contributed by atoms with Crippen molar-refractivity contribution in [3.05, 3.63) is 167 Å². The van der Waals surface area contributed by atoms with Crippen molar-refractivity contribution in [2.45, 2.75) is 33.1 Å². The lowest BCUT2D eigenvalue weighted by Crippen LogP contribution is -2.28. The van der Waals surface area contributed by atoms with Crippen LogP contribution < -0.4 is 0 Å². The largest absolute Gasteiger partial charge is 0.0942 e. The van der Waals surface area contributed by atoms with Gasteiger partial charge >= 0.3 is 0 Å². The highest BCUT2D eigenvalue weighted by Gasteiger charge is 2.46. The van der Waals surface area contributed by atoms with E-state index in [1.807, 2.05) is 0 Å². The molecule has 0 bridgehead atoms. The highest BCUT2D eigenvalue weighted by atomic mass is 14.5. The Balaban J connectivity index is 1.68. The van der Waals surface area contributed by atoms with Gasteiger partial charge in [0, 0.05) is 0 Å². The molecular weight excluding hydrogens is 468 g/mol. The summed E-state index contributed by atoms with van der Waals surface area (Å²) in [7, 11) is 0. The summed E-state index contributed by atoms with van der Waals surface area (Å²) in [4.78, 5) is 0. The first-order valence-electron chi connectivity index (χ1n) is 13.8. The maximum atomic E-state index is 4.76. The van der Waals surface area contributed by atoms with Crippen molar-refractivity contribution in [2.24, 2.45) is 0 Å². The predicted octanol–water partition coefficient (Wildman–Crippen LogP) is 10.5. The number of benzene rings is 5. The molecule has 0 spiro atoms. The Kier molecular flexibility index (Phi) is 6.20. The first-order chi connectivity index (χ1) is 18.9. The average molecular weight is 503 g/mol. The number of hydrogen-bond donors (Lipinski definition) is 0. The van der Waals surface area contributed by atoms with Crippen LogP contribution >= 0.6 is 0 Å². The molecule has 1 aliphatic carbocycles. The summed E-state index contributed by atoms with van der Waals surface area (Å²) in [5.74, 6) is 0. The maximum Gasteiger partial charge on any atom is 0.0708 e. The van der Waals surface area contributed by atoms with Gasteiger partial charge in [-0.15, -0.1) is 0 Å². The van der Waals surface area contributed by atoms with Crippen LogP contribution in [0.4, 0.5) is 0 Å². The van der Waals surface area contributed by atoms with Crippen molar-refractivity contribution >= 4 is 10.8 Å². The van der Waals surface area contributed by atoms with Crippen LogP contribution in [0, 0.1) is 13.8 Å². The Morgan fingerprint density at radius 3 is 2.10 bits per heavy atom. The van der Waals surface area contributed by atoms with Crippen molar-refractivity contribution in [3.8, 4) is 22.3 Å². The third-order valence-electron chi connectivity index (χ3n) is 8.47. The van der Waals surface area contributed by atoms with E-state index >= 15 is 0 Å². The molecule has 0 aliphatic heterocycles. The molecule has 1 atom stereocenters. The fraction of sp³-hybridized carbons (Fsp3) is 0.128. The smallest absolute Gasteiger partial charge is 0.0708 e. The molecule has 0 heteroatoms. The molecule has 1 aliphatic rings. The van der Waals surface area contributed by atoms with Gasteiger partial charge in [-0.05, 0) is 94.6 Å². The van der Waals surface area contributed by atoms with Crippen LogP contribution in [0.25, 0.3) is 33.0 Å². The van der Waals surface area contributed by atoms with E-state index in [1.165, 1.54) is 66.4 Å². The number of aryl methyl sites for hydroxylation is 2. The second-order valence-electron chi connectivity index (χ2n) is 10.8. The number of rotatable bonds is 5. The van der Waals surface area contributed by atoms with Crippen LogP contribution in [-0.2, 0) is 5.41 Å². The molecule has 0 saturated carbocycles. The summed E-state index contributed by atoms with van der Waals surface area (Å²) in [6, 6.07) is 38.2. The minimum absolute atomic E-state index is 0.485. The molecule has 5 aromatic carbocycles. The molecule has 190 valence electrons. The lowest BCUT2D eigenvalue weighted by Gasteiger charge is -2.34. The number of hydrogen-bond acceptors (Lipinski definition) is 0. The van der Waals surface area contributed by atoms with E-state index in [2.05, 4.69) is 149 Å². The zero-order valence-electron chi connectivity index (χ0n) is 23.3. The first-order valence-corrected chi connectivity index (χ1v) is 13.8. The average Bonchev–Trinajstić information content (AvgIpc) is 3.27. The quantitative estimate of drug-likeness (QED) is 0.210. The third-order valence-corrected chi connectivity index (χ3v) is 8.47. The molecule has 0 amide bonds. The molecule has 0 saturated heterocycles. The van der Waals surface area contributed by atoms with Gasteiger partial charge in [0.1, 0.15) is 0 Å². The van der Waals surface area contributed by atoms with Gasteiger partial charge in [0.25, 0.3) is 0 Å². The highest BCUT2D eigenvalue weighted by Crippen LogP contribution is 2.57. The molecule has 0 heterocycles. The van der Waals surface area contributed by atoms with E-state index in [-0.39, 0.29) is 0 Å². The van der Waals surface area contributed by atoms with Crippen LogP contribution in [-0.4, -0.2) is 0 Å². The summed E-state index contributed by atoms with van der Waals surface area (Å²) in [5.41, 5.74) is 13.3. The zero-order chi connectivity index (χ0) is 27.1. The Morgan fingerprint density at radius 1 is 0.667 bits per heavy atom.